The Labute approximate surface area is 887 Å². The Morgan fingerprint density at radius 2 is 0.770 bits per heavy atom. The Morgan fingerprint density at radius 3 is 1.06 bits per heavy atom. The van der Waals surface area contributed by atoms with Gasteiger partial charge in [0.2, 0.25) is 9.05 Å². The number of Topliss-reactive ketones (excluding diaryl/α,β-unsaturated/α-hetero) is 1. The first-order valence-corrected chi connectivity index (χ1v) is 51.6. The standard InChI is InChI=1S/C17H21FN2O4.C17H24FNO3.C15H19FN2O6S.C14H16FN5O3.C14H17FN2O4.C10H13FN2O.C6H12O3.CH3ClO2S.ClH.N3.Na/c1-12(21)2-4-14-11-20(17(22)24-14)13-3-5-16(15(18)10-13)19-6-8-23-9-7-19;1-17(2)21-12-14(22-17)5-3-13-4-6-16(15(18)11-13)19-7-9-20-10-8-19;1-25(20,21)23-10-12-9-18(15(19)24-12)11-2-3-14(13(16)8-11)17-4-6-22-7-5-17;15-12-7-10(1-2-13(12)19-3-5-22-6-4-19)20-9-11(8-17-18-16)23-14(20)21;15-12-7-10(17-8-11(9-18)21-14(17)19)1-2-13(12)16-3-5-20-6-4-16;11-9-7-8(12)1-2-10(9)13-3-5-14-6-4-13;1-6(2)8-4-5(7-3)9-6;1-5(2,3)4;;1-3-2;/h3,5,10,14H,2,4,6-9,11H2,1H3;4,6,11,14H,3,5,7-10,12H2,1-2H3;2-3,8,12H,4-7,9-10H2,1H3;1-2,7,11H,3-6,8-9H2;1-2,7,11,18H,3-6,8-9H2;1-2,7H,3-6,12H2;5H,4H2,1-3H3;1H3;1H;;/q;;;;;;;;;-1;+1/t2*14-;12-;2*11-;;;;;;/m01101....../s1. The van der Waals surface area contributed by atoms with Gasteiger partial charge in [0, 0.05) is 113 Å². The fraction of sp³-hybridized carbons (Fsp3) is 0.564. The summed E-state index contributed by atoms with van der Waals surface area (Å²) in [6.07, 6.45) is -0.163. The summed E-state index contributed by atoms with van der Waals surface area (Å²) in [7, 11) is -0.707. The Morgan fingerprint density at radius 1 is 0.466 bits per heavy atom. The number of cyclic esters (lactones) is 4. The van der Waals surface area contributed by atoms with Gasteiger partial charge in [0.05, 0.1) is 201 Å². The summed E-state index contributed by atoms with van der Waals surface area (Å²) >= 11 is 0. The van der Waals surface area contributed by atoms with Crippen molar-refractivity contribution in [1.29, 1.82) is 0 Å². The van der Waals surface area contributed by atoms with Crippen LogP contribution in [0.15, 0.2) is 114 Å². The van der Waals surface area contributed by atoms with Crippen molar-refractivity contribution in [3.05, 3.63) is 176 Å². The zero-order valence-electron chi connectivity index (χ0n) is 83.8. The van der Waals surface area contributed by atoms with Crippen LogP contribution in [0.1, 0.15) is 59.4 Å². The fourth-order valence-corrected chi connectivity index (χ4v) is 16.7. The number of anilines is 11. The molecule has 0 radical (unpaired) electrons. The Hall–Kier alpha value is -10.2. The molecule has 43 nitrogen and oxygen atoms in total. The van der Waals surface area contributed by atoms with Crippen molar-refractivity contribution in [2.75, 3.05) is 291 Å². The average molecular weight is 2180 g/mol. The van der Waals surface area contributed by atoms with Crippen LogP contribution in [0.5, 0.6) is 0 Å². The molecule has 0 spiro atoms. The van der Waals surface area contributed by atoms with Gasteiger partial charge >= 0.3 is 53.9 Å². The quantitative estimate of drug-likeness (QED) is 0.00693. The molecule has 6 aromatic rings. The Bertz CT molecular complexity index is 5620. The van der Waals surface area contributed by atoms with Gasteiger partial charge in [-0.25, -0.2) is 53.9 Å². The van der Waals surface area contributed by atoms with Crippen LogP contribution in [0, 0.1) is 34.9 Å². The summed E-state index contributed by atoms with van der Waals surface area (Å²) in [6.45, 7) is 25.9. The van der Waals surface area contributed by atoms with E-state index in [1.807, 2.05) is 69.2 Å². The molecular formula is C94H126Cl2F6N17NaO26S2. The predicted molar refractivity (Wildman–Crippen MR) is 536 cm³/mol. The fourth-order valence-electron chi connectivity index (χ4n) is 16.3. The summed E-state index contributed by atoms with van der Waals surface area (Å²) in [5, 5.41) is 12.4. The summed E-state index contributed by atoms with van der Waals surface area (Å²) in [6, 6.07) is 29.0. The molecule has 148 heavy (non-hydrogen) atoms. The van der Waals surface area contributed by atoms with Crippen LogP contribution >= 0.6 is 23.1 Å². The SMILES string of the molecule is CC(=O)CC[C@H]1CN(c2ccc(N3CCOCC3)c(F)c2)C(=O)O1.CC1(C)OC[C@@H](CCc2ccc(N3CCOCC3)c(F)c2)O1.COC1COC(C)(C)O1.CS(=O)(=O)Cl.CS(=O)(=O)OC[C@H]1CN(c2ccc(N3CCOCC3)c(F)c2)C(=O)O1.Cl.Nc1ccc(N2CCOCC2)c(F)c1.O=C1O[C@@H](CO)CN1c1ccc(N2CCOCC2)c(F)c1.[N-]=[N+]=NC[C@H]1CN(c2ccc(N3CCOCC3)c(F)c2)C(=O)O1.[N-]=[N+]=[N-].[Na+]. The maximum absolute atomic E-state index is 14.5. The van der Waals surface area contributed by atoms with Crippen molar-refractivity contribution < 1.29 is 177 Å². The number of carbonyl (C=O) groups is 5. The molecule has 12 aliphatic rings. The molecule has 812 valence electrons. The first-order chi connectivity index (χ1) is 69.6. The number of benzene rings is 6. The second-order valence-electron chi connectivity index (χ2n) is 35.2. The van der Waals surface area contributed by atoms with E-state index < -0.39 is 85.1 Å². The topological polar surface area (TPSA) is 487 Å². The smallest absolute Gasteiger partial charge is 0.444 e. The summed E-state index contributed by atoms with van der Waals surface area (Å²) in [5.74, 6) is -2.88. The number of azide groups is 1. The third-order valence-electron chi connectivity index (χ3n) is 23.5. The average Bonchev–Trinajstić information content (AvgIpc) is 1.70. The van der Waals surface area contributed by atoms with Crippen molar-refractivity contribution in [2.24, 2.45) is 5.11 Å². The minimum absolute atomic E-state index is 0. The zero-order chi connectivity index (χ0) is 106. The summed E-state index contributed by atoms with van der Waals surface area (Å²) in [4.78, 5) is 79.7. The molecule has 0 bridgehead atoms. The molecule has 18 rings (SSSR count). The maximum Gasteiger partial charge on any atom is 1.00 e. The minimum atomic E-state index is -3.62. The van der Waals surface area contributed by atoms with Crippen LogP contribution in [0.25, 0.3) is 26.4 Å². The van der Waals surface area contributed by atoms with E-state index in [0.29, 0.717) is 227 Å². The molecule has 6 atom stereocenters. The van der Waals surface area contributed by atoms with Crippen molar-refractivity contribution in [3.63, 3.8) is 0 Å². The third kappa shape index (κ3) is 39.6. The van der Waals surface area contributed by atoms with Crippen LogP contribution in [-0.4, -0.2) is 337 Å². The van der Waals surface area contributed by atoms with Crippen molar-refractivity contribution in [2.45, 2.75) is 109 Å². The molecule has 3 N–H and O–H groups in total. The number of aliphatic hydroxyl groups excluding tert-OH is 1. The maximum atomic E-state index is 14.5. The first-order valence-electron chi connectivity index (χ1n) is 47.0. The molecule has 0 aliphatic carbocycles. The number of ketones is 1. The molecule has 1 unspecified atom stereocenters. The largest absolute Gasteiger partial charge is 1.00 e. The monoisotopic (exact) mass is 2180 g/mol. The number of hydrogen-bond donors (Lipinski definition) is 2. The van der Waals surface area contributed by atoms with Gasteiger partial charge in [-0.3, -0.25) is 28.7 Å². The van der Waals surface area contributed by atoms with E-state index in [9.17, 15) is 67.2 Å². The zero-order valence-corrected chi connectivity index (χ0v) is 89.0. The second-order valence-corrected chi connectivity index (χ2v) is 39.9. The number of nitrogen functional groups attached to an aromatic ring is 1. The van der Waals surface area contributed by atoms with Gasteiger partial charge in [-0.1, -0.05) is 11.2 Å². The molecular weight excluding hydrogens is 2060 g/mol. The molecule has 4 amide bonds. The van der Waals surface area contributed by atoms with Gasteiger partial charge in [-0.05, 0) is 168 Å². The number of morpholine rings is 6. The van der Waals surface area contributed by atoms with Crippen molar-refractivity contribution in [1.82, 2.24) is 0 Å². The number of ether oxygens (including phenoxy) is 15. The number of rotatable bonds is 23. The molecule has 12 aliphatic heterocycles. The number of halogens is 8. The minimum Gasteiger partial charge on any atom is -0.444 e. The number of nitrogens with two attached hydrogens (primary N) is 1. The number of aliphatic hydroxyl groups is 1. The molecule has 12 saturated heterocycles. The molecule has 6 aromatic carbocycles. The van der Waals surface area contributed by atoms with Gasteiger partial charge in [0.1, 0.15) is 78.3 Å². The number of aryl methyl sites for hydroxylation is 1. The van der Waals surface area contributed by atoms with E-state index >= 15 is 0 Å². The molecule has 12 fully saturated rings. The van der Waals surface area contributed by atoms with E-state index in [-0.39, 0.29) is 129 Å². The first kappa shape index (κ1) is 123. The van der Waals surface area contributed by atoms with E-state index in [4.69, 9.17) is 98.5 Å². The number of amides is 4. The number of methoxy groups -OCH3 is 1. The van der Waals surface area contributed by atoms with Gasteiger partial charge in [-0.15, -0.1) is 12.4 Å². The van der Waals surface area contributed by atoms with E-state index in [1.54, 1.807) is 73.8 Å². The number of carbonyl (C=O) groups excluding carboxylic acids is 5. The normalized spacial score (nSPS) is 21.3. The second kappa shape index (κ2) is 60.2. The van der Waals surface area contributed by atoms with E-state index in [1.165, 1.54) is 61.8 Å². The summed E-state index contributed by atoms with van der Waals surface area (Å²) < 4.78 is 209. The van der Waals surface area contributed by atoms with Gasteiger partial charge in [-0.2, -0.15) is 8.42 Å². The van der Waals surface area contributed by atoms with Crippen LogP contribution in [0.2, 0.25) is 0 Å². The summed E-state index contributed by atoms with van der Waals surface area (Å²) in [5.41, 5.74) is 33.7. The molecule has 12 heterocycles. The Kier molecular flexibility index (Phi) is 50.0. The van der Waals surface area contributed by atoms with Gasteiger partial charge in [0.25, 0.3) is 10.1 Å². The van der Waals surface area contributed by atoms with Gasteiger partial charge in [0.15, 0.2) is 17.9 Å². The molecule has 0 saturated carbocycles. The van der Waals surface area contributed by atoms with E-state index in [2.05, 4.69) is 24.9 Å². The van der Waals surface area contributed by atoms with Crippen LogP contribution in [0.3, 0.4) is 0 Å². The van der Waals surface area contributed by atoms with Crippen molar-refractivity contribution >= 4 is 135 Å². The van der Waals surface area contributed by atoms with Crippen molar-refractivity contribution in [3.8, 4) is 0 Å². The molecule has 0 aromatic heterocycles. The Balaban J connectivity index is 0.000000210. The third-order valence-corrected chi connectivity index (χ3v) is 24.0. The number of nitrogens with zero attached hydrogens (tertiary/aromatic N) is 16. The van der Waals surface area contributed by atoms with Crippen LogP contribution < -0.4 is 84.3 Å². The van der Waals surface area contributed by atoms with E-state index in [0.717, 1.165) is 57.1 Å². The predicted octanol–water partition coefficient (Wildman–Crippen LogP) is 9.81. The van der Waals surface area contributed by atoms with Crippen LogP contribution in [-0.2, 0) is 106 Å². The van der Waals surface area contributed by atoms with Gasteiger partial charge < -0.3 is 127 Å². The molecule has 54 heteroatoms. The number of hydrogen-bond acceptors (Lipinski definition) is 34. The van der Waals surface area contributed by atoms with Crippen LogP contribution in [0.4, 0.5) is 108 Å².